The van der Waals surface area contributed by atoms with Crippen LogP contribution in [0, 0.1) is 5.82 Å². The van der Waals surface area contributed by atoms with E-state index in [1.54, 1.807) is 12.1 Å². The maximum Gasteiger partial charge on any atom is 0.247 e. The summed E-state index contributed by atoms with van der Waals surface area (Å²) < 4.78 is 12.6. The Hall–Kier alpha value is -1.46. The molecule has 1 amide bonds. The third-order valence-electron chi connectivity index (χ3n) is 2.32. The summed E-state index contributed by atoms with van der Waals surface area (Å²) in [4.78, 5) is 10.6. The molecule has 0 aliphatic rings. The first-order valence-electron chi connectivity index (χ1n) is 4.97. The molecule has 1 rings (SSSR count). The second-order valence-electron chi connectivity index (χ2n) is 3.60. The molecule has 0 aromatic heterocycles. The summed E-state index contributed by atoms with van der Waals surface area (Å²) in [5.74, 6) is -1.06. The van der Waals surface area contributed by atoms with Crippen LogP contribution in [-0.2, 0) is 4.79 Å². The van der Waals surface area contributed by atoms with Crippen LogP contribution in [-0.4, -0.2) is 23.7 Å². The highest BCUT2D eigenvalue weighted by atomic mass is 19.1. The van der Waals surface area contributed by atoms with Crippen LogP contribution in [0.25, 0.3) is 0 Å². The molecule has 16 heavy (non-hydrogen) atoms. The molecule has 88 valence electrons. The van der Waals surface area contributed by atoms with Crippen molar-refractivity contribution < 1.29 is 14.3 Å². The van der Waals surface area contributed by atoms with Crippen molar-refractivity contribution >= 4 is 5.91 Å². The van der Waals surface area contributed by atoms with Gasteiger partial charge in [0.25, 0.3) is 0 Å². The number of nitrogens with one attached hydrogen (secondary N) is 1. The van der Waals surface area contributed by atoms with Gasteiger partial charge in [0.1, 0.15) is 11.9 Å². The molecule has 0 aliphatic carbocycles. The molecule has 2 atom stereocenters. The molecule has 0 heterocycles. The Kier molecular flexibility index (Phi) is 4.39. The van der Waals surface area contributed by atoms with Gasteiger partial charge in [-0.2, -0.15) is 0 Å². The van der Waals surface area contributed by atoms with Crippen LogP contribution in [0.5, 0.6) is 0 Å². The lowest BCUT2D eigenvalue weighted by atomic mass is 10.1. The zero-order chi connectivity index (χ0) is 12.1. The summed E-state index contributed by atoms with van der Waals surface area (Å²) in [6.07, 6.45) is -1.21. The molecular weight excluding hydrogens is 211 g/mol. The minimum absolute atomic E-state index is 0.0773. The number of primary amides is 1. The smallest absolute Gasteiger partial charge is 0.247 e. The number of hydrogen-bond acceptors (Lipinski definition) is 3. The Morgan fingerprint density at radius 2 is 2.06 bits per heavy atom. The predicted molar refractivity (Wildman–Crippen MR) is 58.0 cm³/mol. The quantitative estimate of drug-likeness (QED) is 0.677. The summed E-state index contributed by atoms with van der Waals surface area (Å²) in [5.41, 5.74) is 5.78. The van der Waals surface area contributed by atoms with Crippen molar-refractivity contribution in [3.63, 3.8) is 0 Å². The van der Waals surface area contributed by atoms with Crippen molar-refractivity contribution in [3.05, 3.63) is 35.6 Å². The molecule has 0 spiro atoms. The summed E-state index contributed by atoms with van der Waals surface area (Å²) in [6.45, 7) is 1.93. The fourth-order valence-electron chi connectivity index (χ4n) is 1.26. The third-order valence-corrected chi connectivity index (χ3v) is 2.32. The number of halogens is 1. The van der Waals surface area contributed by atoms with E-state index >= 15 is 0 Å². The summed E-state index contributed by atoms with van der Waals surface area (Å²) in [7, 11) is 0. The molecule has 0 radical (unpaired) electrons. The van der Waals surface area contributed by atoms with Crippen molar-refractivity contribution in [2.24, 2.45) is 5.73 Å². The molecule has 0 saturated heterocycles. The van der Waals surface area contributed by atoms with Crippen LogP contribution < -0.4 is 11.1 Å². The molecule has 1 aromatic rings. The standard InChI is InChI=1S/C11H15FN2O2/c1-7(14-6-10(15)11(13)16)8-2-4-9(12)5-3-8/h2-5,7,10,14-15H,6H2,1H3,(H2,13,16). The van der Waals surface area contributed by atoms with Crippen LogP contribution in [0.1, 0.15) is 18.5 Å². The first kappa shape index (κ1) is 12.6. The average molecular weight is 226 g/mol. The number of nitrogens with two attached hydrogens (primary N) is 1. The van der Waals surface area contributed by atoms with Gasteiger partial charge in [-0.25, -0.2) is 4.39 Å². The van der Waals surface area contributed by atoms with E-state index in [-0.39, 0.29) is 18.4 Å². The fraction of sp³-hybridized carbons (Fsp3) is 0.364. The normalized spacial score (nSPS) is 14.4. The maximum atomic E-state index is 12.6. The molecule has 0 saturated carbocycles. The second-order valence-corrected chi connectivity index (χ2v) is 3.60. The summed E-state index contributed by atoms with van der Waals surface area (Å²) in [5, 5.41) is 12.1. The van der Waals surface area contributed by atoms with Crippen LogP contribution in [0.15, 0.2) is 24.3 Å². The van der Waals surface area contributed by atoms with Crippen LogP contribution in [0.3, 0.4) is 0 Å². The molecule has 2 unspecified atom stereocenters. The van der Waals surface area contributed by atoms with Gasteiger partial charge in [0, 0.05) is 12.6 Å². The fourth-order valence-corrected chi connectivity index (χ4v) is 1.26. The van der Waals surface area contributed by atoms with Crippen LogP contribution >= 0.6 is 0 Å². The zero-order valence-electron chi connectivity index (χ0n) is 8.98. The van der Waals surface area contributed by atoms with Gasteiger partial charge in [-0.05, 0) is 24.6 Å². The number of benzene rings is 1. The minimum atomic E-state index is -1.21. The molecule has 4 nitrogen and oxygen atoms in total. The van der Waals surface area contributed by atoms with Gasteiger partial charge >= 0.3 is 0 Å². The highest BCUT2D eigenvalue weighted by Crippen LogP contribution is 2.12. The maximum absolute atomic E-state index is 12.6. The third kappa shape index (κ3) is 3.60. The Bertz CT molecular complexity index is 354. The zero-order valence-corrected chi connectivity index (χ0v) is 8.98. The van der Waals surface area contributed by atoms with E-state index in [2.05, 4.69) is 5.32 Å². The number of carbonyl (C=O) groups is 1. The van der Waals surface area contributed by atoms with E-state index < -0.39 is 12.0 Å². The summed E-state index contributed by atoms with van der Waals surface area (Å²) in [6, 6.07) is 5.91. The monoisotopic (exact) mass is 226 g/mol. The van der Waals surface area contributed by atoms with Gasteiger partial charge in [0.2, 0.25) is 5.91 Å². The lowest BCUT2D eigenvalue weighted by Crippen LogP contribution is -2.38. The van der Waals surface area contributed by atoms with Crippen molar-refractivity contribution in [1.29, 1.82) is 0 Å². The van der Waals surface area contributed by atoms with Crippen molar-refractivity contribution in [3.8, 4) is 0 Å². The molecule has 1 aromatic carbocycles. The highest BCUT2D eigenvalue weighted by Gasteiger charge is 2.12. The van der Waals surface area contributed by atoms with E-state index in [9.17, 15) is 9.18 Å². The number of aliphatic hydroxyl groups excluding tert-OH is 1. The predicted octanol–water partition coefficient (Wildman–Crippen LogP) is 0.323. The Morgan fingerprint density at radius 1 is 1.50 bits per heavy atom. The van der Waals surface area contributed by atoms with E-state index in [1.807, 2.05) is 6.92 Å². The first-order valence-corrected chi connectivity index (χ1v) is 4.97. The highest BCUT2D eigenvalue weighted by molar-refractivity contribution is 5.78. The number of aliphatic hydroxyl groups is 1. The Balaban J connectivity index is 2.49. The number of carbonyl (C=O) groups excluding carboxylic acids is 1. The van der Waals surface area contributed by atoms with E-state index in [1.165, 1.54) is 12.1 Å². The van der Waals surface area contributed by atoms with Crippen molar-refractivity contribution in [2.45, 2.75) is 19.1 Å². The lowest BCUT2D eigenvalue weighted by molar-refractivity contribution is -0.125. The minimum Gasteiger partial charge on any atom is -0.382 e. The van der Waals surface area contributed by atoms with E-state index in [4.69, 9.17) is 10.8 Å². The number of rotatable bonds is 5. The topological polar surface area (TPSA) is 75.3 Å². The molecular formula is C11H15FN2O2. The lowest BCUT2D eigenvalue weighted by Gasteiger charge is -2.15. The van der Waals surface area contributed by atoms with E-state index in [0.29, 0.717) is 0 Å². The van der Waals surface area contributed by atoms with Gasteiger partial charge in [-0.3, -0.25) is 4.79 Å². The van der Waals surface area contributed by atoms with Crippen LogP contribution in [0.4, 0.5) is 4.39 Å². The van der Waals surface area contributed by atoms with Crippen molar-refractivity contribution in [1.82, 2.24) is 5.32 Å². The second kappa shape index (κ2) is 5.58. The van der Waals surface area contributed by atoms with Crippen molar-refractivity contribution in [2.75, 3.05) is 6.54 Å². The van der Waals surface area contributed by atoms with Gasteiger partial charge in [-0.15, -0.1) is 0 Å². The Morgan fingerprint density at radius 3 is 2.56 bits per heavy atom. The van der Waals surface area contributed by atoms with Gasteiger partial charge in [0.15, 0.2) is 0 Å². The molecule has 4 N–H and O–H groups in total. The van der Waals surface area contributed by atoms with Gasteiger partial charge < -0.3 is 16.2 Å². The SMILES string of the molecule is CC(NCC(O)C(N)=O)c1ccc(F)cc1. The first-order chi connectivity index (χ1) is 7.50. The Labute approximate surface area is 93.3 Å². The molecule has 0 aliphatic heterocycles. The molecule has 5 heteroatoms. The molecule has 0 fully saturated rings. The molecule has 0 bridgehead atoms. The van der Waals surface area contributed by atoms with Gasteiger partial charge in [-0.1, -0.05) is 12.1 Å². The van der Waals surface area contributed by atoms with Gasteiger partial charge in [0.05, 0.1) is 0 Å². The average Bonchev–Trinajstić information content (AvgIpc) is 2.26. The number of hydrogen-bond donors (Lipinski definition) is 3. The summed E-state index contributed by atoms with van der Waals surface area (Å²) >= 11 is 0. The number of amides is 1. The largest absolute Gasteiger partial charge is 0.382 e. The van der Waals surface area contributed by atoms with E-state index in [0.717, 1.165) is 5.56 Å². The van der Waals surface area contributed by atoms with Crippen LogP contribution in [0.2, 0.25) is 0 Å².